The highest BCUT2D eigenvalue weighted by atomic mass is 16.4. The van der Waals surface area contributed by atoms with Gasteiger partial charge in [-0.1, -0.05) is 160 Å². The molecule has 0 fully saturated rings. The molecule has 0 bridgehead atoms. The Bertz CT molecular complexity index is 567. The Balaban J connectivity index is 0. The van der Waals surface area contributed by atoms with Crippen LogP contribution >= 0.6 is 0 Å². The second-order valence-electron chi connectivity index (χ2n) is 11.5. The molecule has 4 heteroatoms. The first-order valence-electron chi connectivity index (χ1n) is 17.3. The fraction of sp³-hybridized carbons (Fsp3) is 0.833. The third-order valence-corrected chi connectivity index (χ3v) is 7.34. The van der Waals surface area contributed by atoms with Gasteiger partial charge in [0.15, 0.2) is 0 Å². The molecular weight excluding hydrogens is 496 g/mol. The summed E-state index contributed by atoms with van der Waals surface area (Å²) in [5.74, 6) is -1.32. The lowest BCUT2D eigenvalue weighted by atomic mass is 10.0. The summed E-state index contributed by atoms with van der Waals surface area (Å²) in [6.45, 7) is 4.50. The maximum Gasteiger partial charge on any atom is 0.303 e. The van der Waals surface area contributed by atoms with Crippen molar-refractivity contribution in [2.45, 2.75) is 194 Å². The van der Waals surface area contributed by atoms with Crippen LogP contribution in [0.2, 0.25) is 0 Å². The number of hydrogen-bond donors (Lipinski definition) is 2. The Hall–Kier alpha value is -1.58. The summed E-state index contributed by atoms with van der Waals surface area (Å²) in [7, 11) is 0. The quantitative estimate of drug-likeness (QED) is 0.0672. The van der Waals surface area contributed by atoms with Crippen LogP contribution < -0.4 is 0 Å². The van der Waals surface area contributed by atoms with Crippen LogP contribution in [0.1, 0.15) is 194 Å². The summed E-state index contributed by atoms with van der Waals surface area (Å²) >= 11 is 0. The minimum absolute atomic E-state index is 0.324. The third-order valence-electron chi connectivity index (χ3n) is 7.34. The lowest BCUT2D eigenvalue weighted by molar-refractivity contribution is -0.138. The molecule has 4 nitrogen and oxygen atoms in total. The van der Waals surface area contributed by atoms with E-state index in [9.17, 15) is 9.59 Å². The van der Waals surface area contributed by atoms with E-state index in [-0.39, 0.29) is 0 Å². The van der Waals surface area contributed by atoms with Gasteiger partial charge in [0.2, 0.25) is 0 Å². The van der Waals surface area contributed by atoms with Crippen LogP contribution in [-0.2, 0) is 9.59 Å². The molecule has 0 spiro atoms. The zero-order valence-corrected chi connectivity index (χ0v) is 26.8. The van der Waals surface area contributed by atoms with Crippen molar-refractivity contribution in [2.24, 2.45) is 0 Å². The van der Waals surface area contributed by atoms with Gasteiger partial charge in [-0.05, 0) is 44.9 Å². The van der Waals surface area contributed by atoms with E-state index in [1.807, 2.05) is 0 Å². The maximum absolute atomic E-state index is 10.3. The lowest BCUT2D eigenvalue weighted by Gasteiger charge is -2.03. The van der Waals surface area contributed by atoms with Crippen molar-refractivity contribution in [1.29, 1.82) is 0 Å². The van der Waals surface area contributed by atoms with Crippen LogP contribution in [0.4, 0.5) is 0 Å². The lowest BCUT2D eigenvalue weighted by Crippen LogP contribution is -1.93. The summed E-state index contributed by atoms with van der Waals surface area (Å²) < 4.78 is 0. The molecule has 0 aliphatic rings. The van der Waals surface area contributed by atoms with Gasteiger partial charge in [0.05, 0.1) is 0 Å². The molecule has 0 radical (unpaired) electrons. The Morgan fingerprint density at radius 2 is 0.675 bits per heavy atom. The fourth-order valence-electron chi connectivity index (χ4n) is 4.74. The van der Waals surface area contributed by atoms with Crippen LogP contribution in [0, 0.1) is 0 Å². The molecule has 0 aromatic heterocycles. The largest absolute Gasteiger partial charge is 0.481 e. The van der Waals surface area contributed by atoms with Gasteiger partial charge in [-0.2, -0.15) is 0 Å². The van der Waals surface area contributed by atoms with Crippen LogP contribution in [-0.4, -0.2) is 22.2 Å². The SMILES string of the molecule is CCCCCC=CCC=CCCCCCCCC(=O)O.CCCCCCCCCCCCCCCCCC(=O)O. The summed E-state index contributed by atoms with van der Waals surface area (Å²) in [5.41, 5.74) is 0. The Morgan fingerprint density at radius 1 is 0.400 bits per heavy atom. The van der Waals surface area contributed by atoms with Crippen molar-refractivity contribution in [2.75, 3.05) is 0 Å². The zero-order valence-electron chi connectivity index (χ0n) is 26.8. The molecule has 40 heavy (non-hydrogen) atoms. The summed E-state index contributed by atoms with van der Waals surface area (Å²) in [4.78, 5) is 20.7. The first-order chi connectivity index (χ1) is 19.5. The first kappa shape index (κ1) is 40.6. The summed E-state index contributed by atoms with van der Waals surface area (Å²) in [6.07, 6.45) is 42.5. The summed E-state index contributed by atoms with van der Waals surface area (Å²) in [6, 6.07) is 0. The minimum atomic E-state index is -0.671. The molecule has 0 aromatic rings. The molecule has 0 saturated heterocycles. The maximum atomic E-state index is 10.3. The van der Waals surface area contributed by atoms with Gasteiger partial charge in [0.25, 0.3) is 0 Å². The van der Waals surface area contributed by atoms with Gasteiger partial charge >= 0.3 is 11.9 Å². The van der Waals surface area contributed by atoms with Crippen LogP contribution in [0.3, 0.4) is 0 Å². The van der Waals surface area contributed by atoms with E-state index in [1.54, 1.807) is 0 Å². The number of allylic oxidation sites excluding steroid dienone is 4. The standard InChI is InChI=1S/C18H36O2.C18H32O2/c2*1-2-3-4-5-6-7-8-9-10-11-12-13-14-15-16-17-18(19)20/h2-17H2,1H3,(H,19,20);6-7,9-10H,2-5,8,11-17H2,1H3,(H,19,20). The first-order valence-corrected chi connectivity index (χ1v) is 17.3. The predicted molar refractivity (Wildman–Crippen MR) is 174 cm³/mol. The van der Waals surface area contributed by atoms with Gasteiger partial charge in [-0.15, -0.1) is 0 Å². The molecule has 236 valence electrons. The normalized spacial score (nSPS) is 11.2. The van der Waals surface area contributed by atoms with Gasteiger partial charge in [-0.3, -0.25) is 9.59 Å². The number of unbranched alkanes of at least 4 members (excludes halogenated alkanes) is 22. The van der Waals surface area contributed by atoms with Crippen molar-refractivity contribution >= 4 is 11.9 Å². The molecule has 0 aliphatic carbocycles. The van der Waals surface area contributed by atoms with Crippen LogP contribution in [0.5, 0.6) is 0 Å². The van der Waals surface area contributed by atoms with E-state index in [0.717, 1.165) is 38.5 Å². The number of carboxylic acid groups (broad SMARTS) is 2. The highest BCUT2D eigenvalue weighted by Crippen LogP contribution is 2.13. The second kappa shape index (κ2) is 37.4. The Labute approximate surface area is 249 Å². The molecule has 0 amide bonds. The monoisotopic (exact) mass is 565 g/mol. The number of hydrogen-bond acceptors (Lipinski definition) is 2. The van der Waals surface area contributed by atoms with E-state index >= 15 is 0 Å². The van der Waals surface area contributed by atoms with E-state index in [4.69, 9.17) is 10.2 Å². The van der Waals surface area contributed by atoms with Crippen LogP contribution in [0.25, 0.3) is 0 Å². The van der Waals surface area contributed by atoms with E-state index in [2.05, 4.69) is 38.2 Å². The highest BCUT2D eigenvalue weighted by Gasteiger charge is 1.97. The van der Waals surface area contributed by atoms with Crippen molar-refractivity contribution in [3.05, 3.63) is 24.3 Å². The number of carboxylic acids is 2. The van der Waals surface area contributed by atoms with Gasteiger partial charge in [0, 0.05) is 12.8 Å². The van der Waals surface area contributed by atoms with E-state index < -0.39 is 11.9 Å². The summed E-state index contributed by atoms with van der Waals surface area (Å²) in [5, 5.41) is 17.0. The van der Waals surface area contributed by atoms with Crippen molar-refractivity contribution in [3.63, 3.8) is 0 Å². The number of carbonyl (C=O) groups is 2. The molecule has 0 heterocycles. The average molecular weight is 565 g/mol. The number of rotatable bonds is 30. The zero-order chi connectivity index (χ0) is 29.8. The molecule has 0 unspecified atom stereocenters. The van der Waals surface area contributed by atoms with Crippen LogP contribution in [0.15, 0.2) is 24.3 Å². The Morgan fingerprint density at radius 3 is 1.02 bits per heavy atom. The van der Waals surface area contributed by atoms with E-state index in [1.165, 1.54) is 128 Å². The van der Waals surface area contributed by atoms with Crippen molar-refractivity contribution in [1.82, 2.24) is 0 Å². The van der Waals surface area contributed by atoms with Gasteiger partial charge in [0.1, 0.15) is 0 Å². The molecule has 0 saturated carbocycles. The highest BCUT2D eigenvalue weighted by molar-refractivity contribution is 5.66. The molecule has 2 N–H and O–H groups in total. The number of aliphatic carboxylic acids is 2. The van der Waals surface area contributed by atoms with Crippen molar-refractivity contribution < 1.29 is 19.8 Å². The van der Waals surface area contributed by atoms with Gasteiger partial charge < -0.3 is 10.2 Å². The van der Waals surface area contributed by atoms with Crippen molar-refractivity contribution in [3.8, 4) is 0 Å². The van der Waals surface area contributed by atoms with E-state index in [0.29, 0.717) is 12.8 Å². The molecule has 0 rings (SSSR count). The van der Waals surface area contributed by atoms with Gasteiger partial charge in [-0.25, -0.2) is 0 Å². The third kappa shape index (κ3) is 43.5. The predicted octanol–water partition coefficient (Wildman–Crippen LogP) is 12.2. The molecule has 0 aromatic carbocycles. The minimum Gasteiger partial charge on any atom is -0.481 e. The topological polar surface area (TPSA) is 74.6 Å². The average Bonchev–Trinajstić information content (AvgIpc) is 2.93. The molecule has 0 aliphatic heterocycles. The fourth-order valence-corrected chi connectivity index (χ4v) is 4.74. The molecular formula is C36H68O4. The Kier molecular flexibility index (Phi) is 37.9. The smallest absolute Gasteiger partial charge is 0.303 e. The second-order valence-corrected chi connectivity index (χ2v) is 11.5. The molecule has 0 atom stereocenters.